The molecular formula is C13H17N5O4S. The number of piperidine rings is 1. The summed E-state index contributed by atoms with van der Waals surface area (Å²) in [5.74, 6) is -1.00. The van der Waals surface area contributed by atoms with Gasteiger partial charge in [0.1, 0.15) is 0 Å². The molecule has 124 valence electrons. The largest absolute Gasteiger partial charge is 0.479 e. The normalized spacial score (nSPS) is 18.8. The predicted molar refractivity (Wildman–Crippen MR) is 79.0 cm³/mol. The fourth-order valence-corrected chi connectivity index (χ4v) is 4.22. The van der Waals surface area contributed by atoms with Crippen LogP contribution >= 0.6 is 0 Å². The van der Waals surface area contributed by atoms with Crippen molar-refractivity contribution in [3.8, 4) is 0 Å². The molecule has 0 bridgehead atoms. The summed E-state index contributed by atoms with van der Waals surface area (Å²) in [7, 11) is -2.02. The predicted octanol–water partition coefficient (Wildman–Crippen LogP) is -0.119. The SMILES string of the molecule is Cn1cnc(S(=O)(=O)N2CCC(C(=O)O)(n3cccn3)CC2)c1. The Kier molecular flexibility index (Phi) is 3.72. The van der Waals surface area contributed by atoms with Crippen LogP contribution in [0.5, 0.6) is 0 Å². The van der Waals surface area contributed by atoms with Crippen LogP contribution in [0.2, 0.25) is 0 Å². The third-order valence-corrected chi connectivity index (χ3v) is 5.96. The third kappa shape index (κ3) is 2.53. The van der Waals surface area contributed by atoms with Crippen molar-refractivity contribution in [1.29, 1.82) is 0 Å². The van der Waals surface area contributed by atoms with Crippen LogP contribution in [0.4, 0.5) is 0 Å². The van der Waals surface area contributed by atoms with E-state index in [1.807, 2.05) is 0 Å². The molecule has 9 nitrogen and oxygen atoms in total. The Balaban J connectivity index is 1.84. The minimum absolute atomic E-state index is 0.0260. The lowest BCUT2D eigenvalue weighted by Crippen LogP contribution is -2.52. The summed E-state index contributed by atoms with van der Waals surface area (Å²) < 4.78 is 29.3. The van der Waals surface area contributed by atoms with Crippen molar-refractivity contribution in [2.45, 2.75) is 23.4 Å². The number of carbonyl (C=O) groups is 1. The van der Waals surface area contributed by atoms with Gasteiger partial charge < -0.3 is 9.67 Å². The van der Waals surface area contributed by atoms with Crippen LogP contribution in [0.1, 0.15) is 12.8 Å². The fraction of sp³-hybridized carbons (Fsp3) is 0.462. The van der Waals surface area contributed by atoms with Gasteiger partial charge in [-0.1, -0.05) is 0 Å². The van der Waals surface area contributed by atoms with E-state index in [1.165, 1.54) is 27.7 Å². The topological polar surface area (TPSA) is 110 Å². The summed E-state index contributed by atoms with van der Waals surface area (Å²) >= 11 is 0. The zero-order chi connectivity index (χ0) is 16.7. The van der Waals surface area contributed by atoms with E-state index in [1.54, 1.807) is 23.9 Å². The Morgan fingerprint density at radius 3 is 2.52 bits per heavy atom. The van der Waals surface area contributed by atoms with E-state index in [9.17, 15) is 18.3 Å². The molecule has 0 unspecified atom stereocenters. The fourth-order valence-electron chi connectivity index (χ4n) is 2.81. The van der Waals surface area contributed by atoms with Crippen LogP contribution in [0, 0.1) is 0 Å². The second-order valence-electron chi connectivity index (χ2n) is 5.57. The zero-order valence-electron chi connectivity index (χ0n) is 12.5. The summed E-state index contributed by atoms with van der Waals surface area (Å²) in [6.07, 6.45) is 6.26. The molecule has 1 fully saturated rings. The lowest BCUT2D eigenvalue weighted by Gasteiger charge is -2.37. The minimum Gasteiger partial charge on any atom is -0.479 e. The van der Waals surface area contributed by atoms with E-state index in [-0.39, 0.29) is 31.0 Å². The van der Waals surface area contributed by atoms with Gasteiger partial charge >= 0.3 is 5.97 Å². The maximum absolute atomic E-state index is 12.5. The molecule has 0 spiro atoms. The molecule has 2 aromatic heterocycles. The van der Waals surface area contributed by atoms with Crippen LogP contribution in [0.15, 0.2) is 36.0 Å². The van der Waals surface area contributed by atoms with E-state index in [2.05, 4.69) is 10.1 Å². The van der Waals surface area contributed by atoms with E-state index in [4.69, 9.17) is 0 Å². The van der Waals surface area contributed by atoms with E-state index < -0.39 is 21.5 Å². The lowest BCUT2D eigenvalue weighted by molar-refractivity contribution is -0.150. The Labute approximate surface area is 133 Å². The standard InChI is InChI=1S/C13H17N5O4S/c1-16-9-11(14-10-16)23(21,22)17-7-3-13(4-8-17,12(19)20)18-6-2-5-15-18/h2,5-6,9-10H,3-4,7-8H2,1H3,(H,19,20). The van der Waals surface area contributed by atoms with Crippen molar-refractivity contribution in [2.24, 2.45) is 7.05 Å². The molecule has 2 aromatic rings. The number of carboxylic acid groups (broad SMARTS) is 1. The van der Waals surface area contributed by atoms with Crippen LogP contribution < -0.4 is 0 Å². The van der Waals surface area contributed by atoms with Crippen molar-refractivity contribution in [1.82, 2.24) is 23.6 Å². The summed E-state index contributed by atoms with van der Waals surface area (Å²) in [5.41, 5.74) is -1.21. The first-order chi connectivity index (χ1) is 10.9. The Morgan fingerprint density at radius 2 is 2.04 bits per heavy atom. The number of imidazole rings is 1. The van der Waals surface area contributed by atoms with Crippen molar-refractivity contribution in [3.05, 3.63) is 31.0 Å². The third-order valence-electron chi connectivity index (χ3n) is 4.18. The molecule has 0 aromatic carbocycles. The summed E-state index contributed by atoms with van der Waals surface area (Å²) in [5, 5.41) is 13.6. The monoisotopic (exact) mass is 339 g/mol. The molecule has 0 aliphatic carbocycles. The number of hydrogen-bond acceptors (Lipinski definition) is 5. The van der Waals surface area contributed by atoms with Crippen molar-refractivity contribution in [3.63, 3.8) is 0 Å². The Hall–Kier alpha value is -2.20. The average molecular weight is 339 g/mol. The molecule has 0 radical (unpaired) electrons. The second-order valence-corrected chi connectivity index (χ2v) is 7.45. The minimum atomic E-state index is -3.71. The first-order valence-electron chi connectivity index (χ1n) is 7.08. The number of aliphatic carboxylic acids is 1. The van der Waals surface area contributed by atoms with Gasteiger partial charge in [0.15, 0.2) is 10.6 Å². The molecule has 23 heavy (non-hydrogen) atoms. The van der Waals surface area contributed by atoms with E-state index in [0.29, 0.717) is 0 Å². The number of nitrogens with zero attached hydrogens (tertiary/aromatic N) is 5. The summed E-state index contributed by atoms with van der Waals surface area (Å²) in [6, 6.07) is 1.65. The van der Waals surface area contributed by atoms with Crippen molar-refractivity contribution in [2.75, 3.05) is 13.1 Å². The molecule has 3 rings (SSSR count). The maximum atomic E-state index is 12.5. The molecular weight excluding hydrogens is 322 g/mol. The number of carboxylic acids is 1. The van der Waals surface area contributed by atoms with Gasteiger partial charge in [-0.05, 0) is 18.9 Å². The average Bonchev–Trinajstić information content (AvgIpc) is 3.18. The highest BCUT2D eigenvalue weighted by molar-refractivity contribution is 7.89. The highest BCUT2D eigenvalue weighted by atomic mass is 32.2. The maximum Gasteiger partial charge on any atom is 0.331 e. The van der Waals surface area contributed by atoms with Crippen molar-refractivity contribution < 1.29 is 18.3 Å². The second kappa shape index (κ2) is 5.46. The van der Waals surface area contributed by atoms with Gasteiger partial charge in [0, 0.05) is 38.7 Å². The number of aryl methyl sites for hydroxylation is 1. The van der Waals surface area contributed by atoms with Gasteiger partial charge in [0.2, 0.25) is 0 Å². The van der Waals surface area contributed by atoms with Crippen LogP contribution in [0.25, 0.3) is 0 Å². The first-order valence-corrected chi connectivity index (χ1v) is 8.52. The van der Waals surface area contributed by atoms with Crippen LogP contribution in [0.3, 0.4) is 0 Å². The molecule has 10 heteroatoms. The van der Waals surface area contributed by atoms with Gasteiger partial charge in [0.05, 0.1) is 6.33 Å². The van der Waals surface area contributed by atoms with Gasteiger partial charge in [0.25, 0.3) is 10.0 Å². The Morgan fingerprint density at radius 1 is 1.35 bits per heavy atom. The lowest BCUT2D eigenvalue weighted by atomic mass is 9.88. The number of sulfonamides is 1. The highest BCUT2D eigenvalue weighted by Crippen LogP contribution is 2.32. The van der Waals surface area contributed by atoms with E-state index >= 15 is 0 Å². The van der Waals surface area contributed by atoms with Gasteiger partial charge in [-0.2, -0.15) is 9.40 Å². The molecule has 1 N–H and O–H groups in total. The molecule has 1 aliphatic heterocycles. The number of hydrogen-bond donors (Lipinski definition) is 1. The molecule has 1 aliphatic rings. The zero-order valence-corrected chi connectivity index (χ0v) is 13.3. The molecule has 0 saturated carbocycles. The van der Waals surface area contributed by atoms with Crippen molar-refractivity contribution >= 4 is 16.0 Å². The van der Waals surface area contributed by atoms with Crippen LogP contribution in [-0.2, 0) is 27.4 Å². The first kappa shape index (κ1) is 15.7. The smallest absolute Gasteiger partial charge is 0.331 e. The number of rotatable bonds is 4. The molecule has 1 saturated heterocycles. The summed E-state index contributed by atoms with van der Waals surface area (Å²) in [4.78, 5) is 15.6. The number of aromatic nitrogens is 4. The molecule has 0 amide bonds. The van der Waals surface area contributed by atoms with Gasteiger partial charge in [-0.25, -0.2) is 18.2 Å². The van der Waals surface area contributed by atoms with E-state index in [0.717, 1.165) is 0 Å². The molecule has 0 atom stereocenters. The van der Waals surface area contributed by atoms with Gasteiger partial charge in [-0.15, -0.1) is 0 Å². The van der Waals surface area contributed by atoms with Crippen LogP contribution in [-0.4, -0.2) is 56.2 Å². The summed E-state index contributed by atoms with van der Waals surface area (Å²) in [6.45, 7) is 0.204. The highest BCUT2D eigenvalue weighted by Gasteiger charge is 2.46. The Bertz CT molecular complexity index is 803. The quantitative estimate of drug-likeness (QED) is 0.831. The van der Waals surface area contributed by atoms with Gasteiger partial charge in [-0.3, -0.25) is 4.68 Å². The molecule has 3 heterocycles.